The van der Waals surface area contributed by atoms with E-state index in [0.29, 0.717) is 0 Å². The Kier molecular flexibility index (Phi) is 4.07. The normalized spacial score (nSPS) is 14.8. The van der Waals surface area contributed by atoms with Gasteiger partial charge in [0.2, 0.25) is 0 Å². The van der Waals surface area contributed by atoms with Crippen LogP contribution in [0.25, 0.3) is 0 Å². The molecule has 1 saturated carbocycles. The third kappa shape index (κ3) is 3.42. The Labute approximate surface area is 120 Å². The first-order valence-corrected chi connectivity index (χ1v) is 7.43. The number of furan rings is 1. The van der Waals surface area contributed by atoms with E-state index in [1.807, 2.05) is 18.2 Å². The summed E-state index contributed by atoms with van der Waals surface area (Å²) in [6.07, 6.45) is 6.60. The molecule has 1 aliphatic rings. The maximum absolute atomic E-state index is 5.99. The number of hydrogen-bond acceptors (Lipinski definition) is 3. The van der Waals surface area contributed by atoms with Crippen LogP contribution in [-0.2, 0) is 13.0 Å². The van der Waals surface area contributed by atoms with E-state index < -0.39 is 0 Å². The zero-order valence-electron chi connectivity index (χ0n) is 11.8. The summed E-state index contributed by atoms with van der Waals surface area (Å²) >= 11 is 0. The highest BCUT2D eigenvalue weighted by Gasteiger charge is 2.28. The second kappa shape index (κ2) is 6.14. The lowest BCUT2D eigenvalue weighted by atomic mass is 10.1. The van der Waals surface area contributed by atoms with Gasteiger partial charge >= 0.3 is 0 Å². The quantitative estimate of drug-likeness (QED) is 0.783. The molecule has 20 heavy (non-hydrogen) atoms. The number of anilines is 1. The fourth-order valence-electron chi connectivity index (χ4n) is 2.67. The van der Waals surface area contributed by atoms with Gasteiger partial charge in [-0.3, -0.25) is 4.90 Å². The minimum Gasteiger partial charge on any atom is -0.468 e. The molecule has 0 unspecified atom stereocenters. The molecule has 3 heteroatoms. The average Bonchev–Trinajstić information content (AvgIpc) is 3.18. The smallest absolute Gasteiger partial charge is 0.117 e. The number of aryl methyl sites for hydroxylation is 1. The van der Waals surface area contributed by atoms with Crippen LogP contribution in [0.15, 0.2) is 47.1 Å². The van der Waals surface area contributed by atoms with Gasteiger partial charge < -0.3 is 10.2 Å². The monoisotopic (exact) mass is 270 g/mol. The van der Waals surface area contributed by atoms with Gasteiger partial charge in [0, 0.05) is 11.7 Å². The van der Waals surface area contributed by atoms with E-state index in [1.165, 1.54) is 18.4 Å². The molecule has 2 aromatic rings. The SMILES string of the molecule is Nc1ccccc1CCCN(Cc1ccco1)C1CC1. The largest absolute Gasteiger partial charge is 0.468 e. The molecule has 1 heterocycles. The molecule has 0 amide bonds. The van der Waals surface area contributed by atoms with E-state index in [0.717, 1.165) is 43.4 Å². The van der Waals surface area contributed by atoms with Crippen LogP contribution in [0.1, 0.15) is 30.6 Å². The predicted octanol–water partition coefficient (Wildman–Crippen LogP) is 3.46. The van der Waals surface area contributed by atoms with Crippen molar-refractivity contribution in [2.24, 2.45) is 0 Å². The maximum atomic E-state index is 5.99. The summed E-state index contributed by atoms with van der Waals surface area (Å²) in [5, 5.41) is 0. The van der Waals surface area contributed by atoms with Crippen molar-refractivity contribution >= 4 is 5.69 Å². The summed E-state index contributed by atoms with van der Waals surface area (Å²) < 4.78 is 5.46. The van der Waals surface area contributed by atoms with Gasteiger partial charge in [0.15, 0.2) is 0 Å². The van der Waals surface area contributed by atoms with Crippen molar-refractivity contribution in [1.29, 1.82) is 0 Å². The molecule has 3 nitrogen and oxygen atoms in total. The first-order chi connectivity index (χ1) is 9.83. The molecule has 0 saturated heterocycles. The minimum atomic E-state index is 0.758. The highest BCUT2D eigenvalue weighted by molar-refractivity contribution is 5.46. The first kappa shape index (κ1) is 13.3. The molecule has 0 aliphatic heterocycles. The van der Waals surface area contributed by atoms with E-state index in [4.69, 9.17) is 10.2 Å². The number of nitrogen functional groups attached to an aromatic ring is 1. The van der Waals surface area contributed by atoms with Gasteiger partial charge in [0.1, 0.15) is 5.76 Å². The molecule has 0 spiro atoms. The van der Waals surface area contributed by atoms with Crippen LogP contribution in [0.2, 0.25) is 0 Å². The third-order valence-electron chi connectivity index (χ3n) is 3.95. The van der Waals surface area contributed by atoms with Crippen molar-refractivity contribution < 1.29 is 4.42 Å². The number of nitrogens with zero attached hydrogens (tertiary/aromatic N) is 1. The lowest BCUT2D eigenvalue weighted by molar-refractivity contribution is 0.231. The second-order valence-corrected chi connectivity index (χ2v) is 5.58. The van der Waals surface area contributed by atoms with Gasteiger partial charge in [-0.15, -0.1) is 0 Å². The summed E-state index contributed by atoms with van der Waals surface area (Å²) in [7, 11) is 0. The average molecular weight is 270 g/mol. The summed E-state index contributed by atoms with van der Waals surface area (Å²) in [5.74, 6) is 1.07. The summed E-state index contributed by atoms with van der Waals surface area (Å²) in [5.41, 5.74) is 8.17. The van der Waals surface area contributed by atoms with Gasteiger partial charge in [0.25, 0.3) is 0 Å². The zero-order valence-corrected chi connectivity index (χ0v) is 11.8. The molecular weight excluding hydrogens is 248 g/mol. The number of nitrogens with two attached hydrogens (primary N) is 1. The van der Waals surface area contributed by atoms with Crippen LogP contribution >= 0.6 is 0 Å². The lowest BCUT2D eigenvalue weighted by Gasteiger charge is -2.20. The van der Waals surface area contributed by atoms with Crippen LogP contribution in [0.3, 0.4) is 0 Å². The number of para-hydroxylation sites is 1. The highest BCUT2D eigenvalue weighted by Crippen LogP contribution is 2.28. The van der Waals surface area contributed by atoms with Crippen molar-refractivity contribution in [2.45, 2.75) is 38.3 Å². The third-order valence-corrected chi connectivity index (χ3v) is 3.95. The van der Waals surface area contributed by atoms with Crippen molar-refractivity contribution in [3.8, 4) is 0 Å². The Morgan fingerprint density at radius 2 is 2.00 bits per heavy atom. The van der Waals surface area contributed by atoms with E-state index in [-0.39, 0.29) is 0 Å². The lowest BCUT2D eigenvalue weighted by Crippen LogP contribution is -2.26. The molecule has 106 valence electrons. The van der Waals surface area contributed by atoms with E-state index in [1.54, 1.807) is 6.26 Å². The van der Waals surface area contributed by atoms with Gasteiger partial charge in [-0.2, -0.15) is 0 Å². The van der Waals surface area contributed by atoms with E-state index in [9.17, 15) is 0 Å². The predicted molar refractivity (Wildman–Crippen MR) is 81.3 cm³/mol. The Morgan fingerprint density at radius 1 is 1.15 bits per heavy atom. The molecule has 1 aromatic heterocycles. The molecule has 0 radical (unpaired) electrons. The Balaban J connectivity index is 1.51. The molecule has 3 rings (SSSR count). The Morgan fingerprint density at radius 3 is 2.70 bits per heavy atom. The van der Waals surface area contributed by atoms with Crippen LogP contribution in [0.4, 0.5) is 5.69 Å². The molecule has 2 N–H and O–H groups in total. The summed E-state index contributed by atoms with van der Waals surface area (Å²) in [6, 6.07) is 12.9. The van der Waals surface area contributed by atoms with Gasteiger partial charge in [-0.25, -0.2) is 0 Å². The van der Waals surface area contributed by atoms with E-state index in [2.05, 4.69) is 23.1 Å². The topological polar surface area (TPSA) is 42.4 Å². The minimum absolute atomic E-state index is 0.758. The molecule has 1 aromatic carbocycles. The zero-order chi connectivity index (χ0) is 13.8. The molecule has 1 aliphatic carbocycles. The molecular formula is C17H22N2O. The fraction of sp³-hybridized carbons (Fsp3) is 0.412. The number of benzene rings is 1. The standard InChI is InChI=1S/C17H22N2O/c18-17-8-2-1-5-14(17)6-3-11-19(15-9-10-15)13-16-7-4-12-20-16/h1-2,4-5,7-8,12,15H,3,6,9-11,13,18H2. The Bertz CT molecular complexity index is 532. The number of rotatable bonds is 7. The van der Waals surface area contributed by atoms with Gasteiger partial charge in [-0.1, -0.05) is 18.2 Å². The van der Waals surface area contributed by atoms with Crippen LogP contribution in [0, 0.1) is 0 Å². The second-order valence-electron chi connectivity index (χ2n) is 5.58. The first-order valence-electron chi connectivity index (χ1n) is 7.43. The van der Waals surface area contributed by atoms with Gasteiger partial charge in [-0.05, 0) is 56.0 Å². The van der Waals surface area contributed by atoms with Crippen LogP contribution in [-0.4, -0.2) is 17.5 Å². The summed E-state index contributed by atoms with van der Waals surface area (Å²) in [4.78, 5) is 2.54. The maximum Gasteiger partial charge on any atom is 0.117 e. The fourth-order valence-corrected chi connectivity index (χ4v) is 2.67. The van der Waals surface area contributed by atoms with Crippen molar-refractivity contribution in [1.82, 2.24) is 4.90 Å². The number of hydrogen-bond donors (Lipinski definition) is 1. The van der Waals surface area contributed by atoms with Crippen molar-refractivity contribution in [3.63, 3.8) is 0 Å². The molecule has 0 bridgehead atoms. The van der Waals surface area contributed by atoms with Crippen LogP contribution in [0.5, 0.6) is 0 Å². The highest BCUT2D eigenvalue weighted by atomic mass is 16.3. The van der Waals surface area contributed by atoms with Crippen molar-refractivity contribution in [2.75, 3.05) is 12.3 Å². The molecule has 1 fully saturated rings. The summed E-state index contributed by atoms with van der Waals surface area (Å²) in [6.45, 7) is 2.04. The molecule has 0 atom stereocenters. The van der Waals surface area contributed by atoms with E-state index >= 15 is 0 Å². The van der Waals surface area contributed by atoms with Gasteiger partial charge in [0.05, 0.1) is 12.8 Å². The van der Waals surface area contributed by atoms with Crippen molar-refractivity contribution in [3.05, 3.63) is 54.0 Å². The Hall–Kier alpha value is -1.74. The van der Waals surface area contributed by atoms with Crippen LogP contribution < -0.4 is 5.73 Å².